The number of aromatic nitrogens is 4. The lowest BCUT2D eigenvalue weighted by atomic mass is 10.0. The Kier molecular flexibility index (Phi) is 6.28. The van der Waals surface area contributed by atoms with Gasteiger partial charge in [-0.05, 0) is 40.3 Å². The second-order valence-electron chi connectivity index (χ2n) is 8.25. The summed E-state index contributed by atoms with van der Waals surface area (Å²) in [6.07, 6.45) is 0. The fraction of sp³-hybridized carbons (Fsp3) is 0.435. The highest BCUT2D eigenvalue weighted by atomic mass is 16.5. The average molecular weight is 408 g/mol. The second-order valence-corrected chi connectivity index (χ2v) is 8.25. The standard InChI is InChI=1S/C23H30N6O/c1-18(2)22(23-24-25-26-29(23)17-19-7-5-4-6-8-19)28-15-13-27(14-16-28)20-9-11-21(30-3)12-10-20/h4-12,18,22H,13-17H2,1-3H3/p+1/t22-/m1/s1. The van der Waals surface area contributed by atoms with Crippen molar-refractivity contribution in [1.29, 1.82) is 0 Å². The summed E-state index contributed by atoms with van der Waals surface area (Å²) in [4.78, 5) is 4.01. The van der Waals surface area contributed by atoms with E-state index >= 15 is 0 Å². The summed E-state index contributed by atoms with van der Waals surface area (Å²) >= 11 is 0. The number of anilines is 1. The lowest BCUT2D eigenvalue weighted by Gasteiger charge is -2.38. The molecular formula is C23H31N6O+. The van der Waals surface area contributed by atoms with Crippen molar-refractivity contribution in [2.75, 3.05) is 38.2 Å². The fourth-order valence-corrected chi connectivity index (χ4v) is 4.41. The van der Waals surface area contributed by atoms with E-state index in [0.717, 1.165) is 37.8 Å². The molecule has 0 spiro atoms. The summed E-state index contributed by atoms with van der Waals surface area (Å²) in [6, 6.07) is 19.0. The van der Waals surface area contributed by atoms with Crippen molar-refractivity contribution in [1.82, 2.24) is 20.2 Å². The first-order chi connectivity index (χ1) is 14.7. The Hall–Kier alpha value is -2.93. The number of quaternary nitrogens is 1. The molecule has 1 saturated heterocycles. The summed E-state index contributed by atoms with van der Waals surface area (Å²) < 4.78 is 7.26. The van der Waals surface area contributed by atoms with Crippen molar-refractivity contribution in [2.45, 2.75) is 26.4 Å². The highest BCUT2D eigenvalue weighted by Crippen LogP contribution is 2.21. The molecular weight excluding hydrogens is 376 g/mol. The molecule has 1 aliphatic rings. The van der Waals surface area contributed by atoms with Crippen molar-refractivity contribution < 1.29 is 9.64 Å². The monoisotopic (exact) mass is 407 g/mol. The maximum atomic E-state index is 5.28. The van der Waals surface area contributed by atoms with E-state index in [2.05, 4.69) is 70.7 Å². The molecule has 1 fully saturated rings. The van der Waals surface area contributed by atoms with Crippen LogP contribution in [-0.2, 0) is 6.54 Å². The maximum Gasteiger partial charge on any atom is 0.209 e. The van der Waals surface area contributed by atoms with Crippen LogP contribution in [0.1, 0.15) is 31.3 Å². The van der Waals surface area contributed by atoms with Gasteiger partial charge in [-0.15, -0.1) is 5.10 Å². The molecule has 158 valence electrons. The molecule has 0 bridgehead atoms. The summed E-state index contributed by atoms with van der Waals surface area (Å²) in [7, 11) is 1.70. The molecule has 1 aliphatic heterocycles. The molecule has 2 aromatic carbocycles. The van der Waals surface area contributed by atoms with Gasteiger partial charge >= 0.3 is 0 Å². The quantitative estimate of drug-likeness (QED) is 0.648. The first kappa shape index (κ1) is 20.3. The van der Waals surface area contributed by atoms with E-state index in [-0.39, 0.29) is 6.04 Å². The zero-order valence-electron chi connectivity index (χ0n) is 18.0. The van der Waals surface area contributed by atoms with Crippen LogP contribution < -0.4 is 14.5 Å². The van der Waals surface area contributed by atoms with Gasteiger partial charge in [0.1, 0.15) is 5.75 Å². The van der Waals surface area contributed by atoms with Gasteiger partial charge in [0.2, 0.25) is 5.82 Å². The Morgan fingerprint density at radius 3 is 2.33 bits per heavy atom. The highest BCUT2D eigenvalue weighted by Gasteiger charge is 2.35. The number of ether oxygens (including phenoxy) is 1. The number of nitrogens with zero attached hydrogens (tertiary/aromatic N) is 5. The van der Waals surface area contributed by atoms with E-state index in [4.69, 9.17) is 4.74 Å². The number of piperazine rings is 1. The van der Waals surface area contributed by atoms with Crippen LogP contribution >= 0.6 is 0 Å². The van der Waals surface area contributed by atoms with Crippen molar-refractivity contribution >= 4 is 5.69 Å². The largest absolute Gasteiger partial charge is 0.497 e. The Morgan fingerprint density at radius 2 is 1.70 bits per heavy atom. The topological polar surface area (TPSA) is 60.5 Å². The van der Waals surface area contributed by atoms with Gasteiger partial charge in [0.05, 0.1) is 39.8 Å². The minimum absolute atomic E-state index is 0.279. The SMILES string of the molecule is COc1ccc(N2CC[NH+]([C@@H](c3nnnn3Cc3ccccc3)C(C)C)CC2)cc1. The molecule has 7 heteroatoms. The minimum atomic E-state index is 0.279. The molecule has 1 atom stereocenters. The van der Waals surface area contributed by atoms with Crippen LogP contribution in [0.5, 0.6) is 5.75 Å². The molecule has 30 heavy (non-hydrogen) atoms. The lowest BCUT2D eigenvalue weighted by molar-refractivity contribution is -0.937. The first-order valence-electron chi connectivity index (χ1n) is 10.7. The van der Waals surface area contributed by atoms with E-state index in [9.17, 15) is 0 Å². The number of benzene rings is 2. The van der Waals surface area contributed by atoms with Gasteiger partial charge in [0, 0.05) is 11.6 Å². The van der Waals surface area contributed by atoms with Gasteiger partial charge in [-0.25, -0.2) is 4.68 Å². The van der Waals surface area contributed by atoms with Crippen molar-refractivity contribution in [2.24, 2.45) is 5.92 Å². The van der Waals surface area contributed by atoms with Crippen molar-refractivity contribution in [3.63, 3.8) is 0 Å². The molecule has 0 saturated carbocycles. The van der Waals surface area contributed by atoms with Crippen LogP contribution in [0, 0.1) is 5.92 Å². The number of methoxy groups -OCH3 is 1. The van der Waals surface area contributed by atoms with E-state index in [1.165, 1.54) is 11.3 Å². The van der Waals surface area contributed by atoms with Crippen molar-refractivity contribution in [3.05, 3.63) is 66.0 Å². The van der Waals surface area contributed by atoms with E-state index in [1.54, 1.807) is 12.0 Å². The van der Waals surface area contributed by atoms with Crippen molar-refractivity contribution in [3.8, 4) is 5.75 Å². The maximum absolute atomic E-state index is 5.28. The summed E-state index contributed by atoms with van der Waals surface area (Å²) in [5, 5.41) is 12.8. The van der Waals surface area contributed by atoms with Crippen LogP contribution in [0.2, 0.25) is 0 Å². The second kappa shape index (κ2) is 9.26. The smallest absolute Gasteiger partial charge is 0.209 e. The predicted octanol–water partition coefficient (Wildman–Crippen LogP) is 1.83. The highest BCUT2D eigenvalue weighted by molar-refractivity contribution is 5.49. The Labute approximate surface area is 178 Å². The van der Waals surface area contributed by atoms with E-state index in [1.807, 2.05) is 22.9 Å². The zero-order valence-corrected chi connectivity index (χ0v) is 18.0. The predicted molar refractivity (Wildman–Crippen MR) is 117 cm³/mol. The molecule has 0 aliphatic carbocycles. The van der Waals surface area contributed by atoms with E-state index in [0.29, 0.717) is 12.5 Å². The van der Waals surface area contributed by atoms with Gasteiger partial charge in [-0.3, -0.25) is 0 Å². The zero-order chi connectivity index (χ0) is 20.9. The molecule has 0 radical (unpaired) electrons. The molecule has 4 rings (SSSR count). The normalized spacial score (nSPS) is 16.1. The molecule has 3 aromatic rings. The van der Waals surface area contributed by atoms with Gasteiger partial charge in [-0.1, -0.05) is 44.2 Å². The molecule has 1 aromatic heterocycles. The molecule has 0 amide bonds. The van der Waals surface area contributed by atoms with Crippen LogP contribution in [0.3, 0.4) is 0 Å². The Morgan fingerprint density at radius 1 is 1.00 bits per heavy atom. The van der Waals surface area contributed by atoms with Gasteiger partial charge in [0.15, 0.2) is 6.04 Å². The third-order valence-corrected chi connectivity index (χ3v) is 5.96. The summed E-state index contributed by atoms with van der Waals surface area (Å²) in [5.41, 5.74) is 2.47. The van der Waals surface area contributed by atoms with Crippen LogP contribution in [0.4, 0.5) is 5.69 Å². The molecule has 2 heterocycles. The molecule has 7 nitrogen and oxygen atoms in total. The number of tetrazole rings is 1. The number of rotatable bonds is 7. The third kappa shape index (κ3) is 4.46. The summed E-state index contributed by atoms with van der Waals surface area (Å²) in [5.74, 6) is 2.34. The Bertz CT molecular complexity index is 916. The molecule has 1 N–H and O–H groups in total. The first-order valence-corrected chi connectivity index (χ1v) is 10.7. The average Bonchev–Trinajstić information content (AvgIpc) is 3.22. The fourth-order valence-electron chi connectivity index (χ4n) is 4.41. The number of nitrogens with one attached hydrogen (secondary N) is 1. The van der Waals surface area contributed by atoms with Gasteiger partial charge < -0.3 is 14.5 Å². The molecule has 0 unspecified atom stereocenters. The van der Waals surface area contributed by atoms with E-state index < -0.39 is 0 Å². The summed E-state index contributed by atoms with van der Waals surface area (Å²) in [6.45, 7) is 9.41. The van der Waals surface area contributed by atoms with Crippen LogP contribution in [0.15, 0.2) is 54.6 Å². The number of hydrogen-bond acceptors (Lipinski definition) is 5. The van der Waals surface area contributed by atoms with Gasteiger partial charge in [-0.2, -0.15) is 0 Å². The van der Waals surface area contributed by atoms with Crippen LogP contribution in [0.25, 0.3) is 0 Å². The van der Waals surface area contributed by atoms with Crippen LogP contribution in [-0.4, -0.2) is 53.5 Å². The number of hydrogen-bond donors (Lipinski definition) is 1. The van der Waals surface area contributed by atoms with Gasteiger partial charge in [0.25, 0.3) is 0 Å². The Balaban J connectivity index is 1.46. The third-order valence-electron chi connectivity index (χ3n) is 5.96. The lowest BCUT2D eigenvalue weighted by Crippen LogP contribution is -3.15. The minimum Gasteiger partial charge on any atom is -0.497 e.